The summed E-state index contributed by atoms with van der Waals surface area (Å²) < 4.78 is 26.5. The minimum Gasteiger partial charge on any atom is -0.316 e. The first-order chi connectivity index (χ1) is 8.36. The van der Waals surface area contributed by atoms with Crippen molar-refractivity contribution in [3.05, 3.63) is 28.2 Å². The maximum absolute atomic E-state index is 12.0. The lowest BCUT2D eigenvalue weighted by atomic mass is 10.3. The molecule has 1 aromatic carbocycles. The van der Waals surface area contributed by atoms with Gasteiger partial charge in [0.1, 0.15) is 0 Å². The van der Waals surface area contributed by atoms with Gasteiger partial charge in [-0.2, -0.15) is 0 Å². The average molecular weight is 311 g/mol. The largest absolute Gasteiger partial charge is 0.316 e. The molecule has 1 unspecified atom stereocenters. The molecule has 4 nitrogen and oxygen atoms in total. The molecule has 0 aliphatic carbocycles. The van der Waals surface area contributed by atoms with Crippen molar-refractivity contribution >= 4 is 38.9 Å². The van der Waals surface area contributed by atoms with Gasteiger partial charge in [0.05, 0.1) is 16.0 Å². The molecular weight excluding hydrogens is 295 g/mol. The highest BCUT2D eigenvalue weighted by Crippen LogP contribution is 2.26. The van der Waals surface area contributed by atoms with Gasteiger partial charge < -0.3 is 5.32 Å². The molecule has 1 rings (SSSR count). The summed E-state index contributed by atoms with van der Waals surface area (Å²) >= 11 is 11.7. The Kier molecular flexibility index (Phi) is 5.72. The topological polar surface area (TPSA) is 58.2 Å². The SMILES string of the molecule is CCNCC(C)S(=O)(=O)Nc1cc(Cl)ccc1Cl. The Labute approximate surface area is 118 Å². The summed E-state index contributed by atoms with van der Waals surface area (Å²) in [7, 11) is -3.48. The normalized spacial score (nSPS) is 13.3. The molecular formula is C11H16Cl2N2O2S. The second-order valence-electron chi connectivity index (χ2n) is 3.89. The van der Waals surface area contributed by atoms with Crippen molar-refractivity contribution < 1.29 is 8.42 Å². The van der Waals surface area contributed by atoms with Crippen molar-refractivity contribution in [2.24, 2.45) is 0 Å². The Bertz CT molecular complexity index is 506. The van der Waals surface area contributed by atoms with Gasteiger partial charge in [-0.15, -0.1) is 0 Å². The summed E-state index contributed by atoms with van der Waals surface area (Å²) in [5.41, 5.74) is 0.299. The summed E-state index contributed by atoms with van der Waals surface area (Å²) in [6, 6.07) is 4.64. The van der Waals surface area contributed by atoms with Crippen molar-refractivity contribution in [2.75, 3.05) is 17.8 Å². The second kappa shape index (κ2) is 6.61. The van der Waals surface area contributed by atoms with E-state index >= 15 is 0 Å². The van der Waals surface area contributed by atoms with Crippen LogP contribution in [0.5, 0.6) is 0 Å². The van der Waals surface area contributed by atoms with Gasteiger partial charge in [0.15, 0.2) is 0 Å². The highest BCUT2D eigenvalue weighted by molar-refractivity contribution is 7.93. The molecule has 0 fully saturated rings. The molecule has 0 bridgehead atoms. The Morgan fingerprint density at radius 3 is 2.61 bits per heavy atom. The molecule has 102 valence electrons. The predicted molar refractivity (Wildman–Crippen MR) is 77.0 cm³/mol. The highest BCUT2D eigenvalue weighted by Gasteiger charge is 2.21. The van der Waals surface area contributed by atoms with Crippen LogP contribution in [0.15, 0.2) is 18.2 Å². The van der Waals surface area contributed by atoms with Gasteiger partial charge in [-0.1, -0.05) is 30.1 Å². The molecule has 1 atom stereocenters. The van der Waals surface area contributed by atoms with Gasteiger partial charge in [-0.05, 0) is 31.7 Å². The second-order valence-corrected chi connectivity index (χ2v) is 6.83. The van der Waals surface area contributed by atoms with Crippen LogP contribution in [0, 0.1) is 0 Å². The first kappa shape index (κ1) is 15.6. The Morgan fingerprint density at radius 2 is 2.00 bits per heavy atom. The van der Waals surface area contributed by atoms with E-state index in [9.17, 15) is 8.42 Å². The van der Waals surface area contributed by atoms with E-state index in [1.165, 1.54) is 6.07 Å². The van der Waals surface area contributed by atoms with Crippen molar-refractivity contribution in [3.8, 4) is 0 Å². The van der Waals surface area contributed by atoms with Crippen LogP contribution >= 0.6 is 23.2 Å². The predicted octanol–water partition coefficient (Wildman–Crippen LogP) is 2.73. The zero-order chi connectivity index (χ0) is 13.8. The molecule has 0 saturated heterocycles. The van der Waals surface area contributed by atoms with Crippen LogP contribution in [0.1, 0.15) is 13.8 Å². The van der Waals surface area contributed by atoms with E-state index in [0.717, 1.165) is 6.54 Å². The van der Waals surface area contributed by atoms with Gasteiger partial charge in [-0.3, -0.25) is 4.72 Å². The van der Waals surface area contributed by atoms with Crippen LogP contribution in [-0.4, -0.2) is 26.8 Å². The smallest absolute Gasteiger partial charge is 0.236 e. The fraction of sp³-hybridized carbons (Fsp3) is 0.455. The van der Waals surface area contributed by atoms with Crippen molar-refractivity contribution in [3.63, 3.8) is 0 Å². The third-order valence-electron chi connectivity index (χ3n) is 2.39. The van der Waals surface area contributed by atoms with Crippen molar-refractivity contribution in [1.82, 2.24) is 5.32 Å². The van der Waals surface area contributed by atoms with Gasteiger partial charge in [0.2, 0.25) is 10.0 Å². The zero-order valence-electron chi connectivity index (χ0n) is 10.2. The molecule has 0 heterocycles. The summed E-state index contributed by atoms with van der Waals surface area (Å²) in [6.07, 6.45) is 0. The number of nitrogens with one attached hydrogen (secondary N) is 2. The number of rotatable bonds is 6. The standard InChI is InChI=1S/C11H16Cl2N2O2S/c1-3-14-7-8(2)18(16,17)15-11-6-9(12)4-5-10(11)13/h4-6,8,14-15H,3,7H2,1-2H3. The van der Waals surface area contributed by atoms with Gasteiger partial charge in [0, 0.05) is 11.6 Å². The number of hydrogen-bond acceptors (Lipinski definition) is 3. The number of anilines is 1. The molecule has 0 amide bonds. The molecule has 0 spiro atoms. The summed E-state index contributed by atoms with van der Waals surface area (Å²) in [5.74, 6) is 0. The molecule has 1 aromatic rings. The number of sulfonamides is 1. The monoisotopic (exact) mass is 310 g/mol. The molecule has 0 aromatic heterocycles. The van der Waals surface area contributed by atoms with Crippen LogP contribution in [0.2, 0.25) is 10.0 Å². The van der Waals surface area contributed by atoms with E-state index in [1.807, 2.05) is 6.92 Å². The first-order valence-electron chi connectivity index (χ1n) is 5.54. The van der Waals surface area contributed by atoms with Crippen LogP contribution in [0.25, 0.3) is 0 Å². The van der Waals surface area contributed by atoms with Crippen LogP contribution in [-0.2, 0) is 10.0 Å². The molecule has 0 radical (unpaired) electrons. The van der Waals surface area contributed by atoms with Gasteiger partial charge in [0.25, 0.3) is 0 Å². The fourth-order valence-electron chi connectivity index (χ4n) is 1.29. The lowest BCUT2D eigenvalue weighted by Gasteiger charge is -2.16. The maximum Gasteiger partial charge on any atom is 0.236 e. The highest BCUT2D eigenvalue weighted by atomic mass is 35.5. The van der Waals surface area contributed by atoms with E-state index in [4.69, 9.17) is 23.2 Å². The molecule has 2 N–H and O–H groups in total. The van der Waals surface area contributed by atoms with Crippen LogP contribution in [0.3, 0.4) is 0 Å². The number of benzene rings is 1. The molecule has 0 aliphatic heterocycles. The summed E-state index contributed by atoms with van der Waals surface area (Å²) in [6.45, 7) is 4.64. The van der Waals surface area contributed by atoms with Gasteiger partial charge >= 0.3 is 0 Å². The molecule has 7 heteroatoms. The lowest BCUT2D eigenvalue weighted by Crippen LogP contribution is -2.34. The quantitative estimate of drug-likeness (QED) is 0.849. The minimum atomic E-state index is -3.48. The van der Waals surface area contributed by atoms with E-state index in [2.05, 4.69) is 10.0 Å². The fourth-order valence-corrected chi connectivity index (χ4v) is 2.69. The molecule has 0 saturated carbocycles. The van der Waals surface area contributed by atoms with E-state index in [-0.39, 0.29) is 0 Å². The zero-order valence-corrected chi connectivity index (χ0v) is 12.5. The third kappa shape index (κ3) is 4.31. The Balaban J connectivity index is 2.85. The van der Waals surface area contributed by atoms with Crippen molar-refractivity contribution in [2.45, 2.75) is 19.1 Å². The average Bonchev–Trinajstić information content (AvgIpc) is 2.30. The van der Waals surface area contributed by atoms with E-state index in [0.29, 0.717) is 22.3 Å². The Morgan fingerprint density at radius 1 is 1.33 bits per heavy atom. The van der Waals surface area contributed by atoms with Crippen molar-refractivity contribution in [1.29, 1.82) is 0 Å². The first-order valence-corrected chi connectivity index (χ1v) is 7.84. The van der Waals surface area contributed by atoms with E-state index in [1.54, 1.807) is 19.1 Å². The van der Waals surface area contributed by atoms with E-state index < -0.39 is 15.3 Å². The molecule has 0 aliphatic rings. The minimum absolute atomic E-state index is 0.299. The number of halogens is 2. The Hall–Kier alpha value is -0.490. The van der Waals surface area contributed by atoms with Gasteiger partial charge in [-0.25, -0.2) is 8.42 Å². The summed E-state index contributed by atoms with van der Waals surface area (Å²) in [5, 5.41) is 3.17. The maximum atomic E-state index is 12.0. The van der Waals surface area contributed by atoms with Crippen LogP contribution < -0.4 is 10.0 Å². The lowest BCUT2D eigenvalue weighted by molar-refractivity contribution is 0.579. The molecule has 18 heavy (non-hydrogen) atoms. The third-order valence-corrected chi connectivity index (χ3v) is 4.69. The summed E-state index contributed by atoms with van der Waals surface area (Å²) in [4.78, 5) is 0. The number of hydrogen-bond donors (Lipinski definition) is 2. The van der Waals surface area contributed by atoms with Crippen LogP contribution in [0.4, 0.5) is 5.69 Å².